The molecule has 1 aliphatic heterocycles. The highest BCUT2D eigenvalue weighted by molar-refractivity contribution is 8.07. The number of aromatic hydroxyl groups is 1. The zero-order valence-electron chi connectivity index (χ0n) is 43.9. The van der Waals surface area contributed by atoms with Crippen molar-refractivity contribution in [3.63, 3.8) is 0 Å². The van der Waals surface area contributed by atoms with Gasteiger partial charge >= 0.3 is 0 Å². The maximum absolute atomic E-state index is 14.0. The number of unbranched alkanes of at least 4 members (excludes halogenated alkanes) is 18. The van der Waals surface area contributed by atoms with Crippen LogP contribution >= 0.6 is 23.1 Å². The summed E-state index contributed by atoms with van der Waals surface area (Å²) in [4.78, 5) is 24.7. The molecule has 0 atom stereocenters. The van der Waals surface area contributed by atoms with E-state index in [0.717, 1.165) is 47.9 Å². The zero-order valence-corrected chi connectivity index (χ0v) is 45.5. The molecule has 1 aliphatic carbocycles. The van der Waals surface area contributed by atoms with Gasteiger partial charge in [-0.15, -0.1) is 23.1 Å². The Balaban J connectivity index is 1.44. The number of aromatic nitrogens is 1. The van der Waals surface area contributed by atoms with Gasteiger partial charge in [-0.05, 0) is 80.9 Å². The first kappa shape index (κ1) is 55.7. The van der Waals surface area contributed by atoms with E-state index in [1.807, 2.05) is 40.2 Å². The standard InChI is InChI=1S/C61H88N4O2S2/c1-8-12-15-18-21-23-27-35-44-64(7)58(48(6)47(5)56(49-37-32-29-33-38-49)62-43-34-26-20-17-14-10-3)53-42-41-51(69-53)46-68-52(11-4)59-55-54(57(63-60(55)66)50-39-30-24-25-31-40-50)61(67)65(59)45-36-28-22-19-16-13-9-2/h11,24-25,29-33,37-39,41-42,62,67H,8-10,12-23,26-28,34-36,40,43-46H2,1-7H3/b52-11-,56-47-,58-48-. The van der Waals surface area contributed by atoms with Crippen LogP contribution in [0.25, 0.3) is 16.3 Å². The van der Waals surface area contributed by atoms with Crippen molar-refractivity contribution in [1.29, 1.82) is 0 Å². The lowest BCUT2D eigenvalue weighted by Crippen LogP contribution is -2.21. The smallest absolute Gasteiger partial charge is 0.280 e. The second kappa shape index (κ2) is 31.1. The van der Waals surface area contributed by atoms with E-state index in [0.29, 0.717) is 29.8 Å². The molecule has 376 valence electrons. The van der Waals surface area contributed by atoms with E-state index in [1.54, 1.807) is 11.8 Å². The molecule has 2 N–H and O–H groups in total. The van der Waals surface area contributed by atoms with Crippen molar-refractivity contribution in [2.45, 2.75) is 195 Å². The van der Waals surface area contributed by atoms with Crippen LogP contribution in [0.1, 0.15) is 220 Å². The summed E-state index contributed by atoms with van der Waals surface area (Å²) < 4.78 is 2.03. The van der Waals surface area contributed by atoms with Crippen molar-refractivity contribution < 1.29 is 9.90 Å². The van der Waals surface area contributed by atoms with Gasteiger partial charge < -0.3 is 19.9 Å². The van der Waals surface area contributed by atoms with E-state index < -0.39 is 0 Å². The number of thioether (sulfide) groups is 1. The topological polar surface area (TPSA) is 69.9 Å². The average molecular weight is 974 g/mol. The molecule has 0 radical (unpaired) electrons. The molecule has 3 aromatic rings. The van der Waals surface area contributed by atoms with Crippen molar-refractivity contribution in [2.24, 2.45) is 4.99 Å². The van der Waals surface area contributed by atoms with Crippen LogP contribution in [0.5, 0.6) is 5.88 Å². The fraction of sp³-hybridized carbons (Fsp3) is 0.541. The quantitative estimate of drug-likeness (QED) is 0.0461. The van der Waals surface area contributed by atoms with Gasteiger partial charge in [-0.1, -0.05) is 203 Å². The predicted molar refractivity (Wildman–Crippen MR) is 303 cm³/mol. The van der Waals surface area contributed by atoms with Crippen LogP contribution < -0.4 is 5.32 Å². The average Bonchev–Trinajstić information content (AvgIpc) is 3.96. The Morgan fingerprint density at radius 3 is 2.04 bits per heavy atom. The molecular weight excluding hydrogens is 885 g/mol. The monoisotopic (exact) mass is 973 g/mol. The summed E-state index contributed by atoms with van der Waals surface area (Å²) in [6.07, 6.45) is 39.2. The third-order valence-corrected chi connectivity index (χ3v) is 16.3. The lowest BCUT2D eigenvalue weighted by Gasteiger charge is -2.26. The number of fused-ring (bicyclic) bond motifs is 1. The van der Waals surface area contributed by atoms with E-state index in [4.69, 9.17) is 0 Å². The summed E-state index contributed by atoms with van der Waals surface area (Å²) in [6, 6.07) is 15.5. The maximum atomic E-state index is 14.0. The maximum Gasteiger partial charge on any atom is 0.280 e. The van der Waals surface area contributed by atoms with Crippen LogP contribution in [0.2, 0.25) is 0 Å². The minimum atomic E-state index is -0.260. The minimum Gasteiger partial charge on any atom is -0.494 e. The van der Waals surface area contributed by atoms with Crippen molar-refractivity contribution >= 4 is 51.0 Å². The number of aliphatic imine (C=N–C) groups is 1. The second-order valence-corrected chi connectivity index (χ2v) is 21.5. The van der Waals surface area contributed by atoms with Gasteiger partial charge in [-0.2, -0.15) is 0 Å². The lowest BCUT2D eigenvalue weighted by atomic mass is 9.98. The van der Waals surface area contributed by atoms with Crippen LogP contribution in [0.3, 0.4) is 0 Å². The Kier molecular flexibility index (Phi) is 25.1. The molecule has 0 bridgehead atoms. The molecule has 69 heavy (non-hydrogen) atoms. The molecule has 2 aliphatic rings. The van der Waals surface area contributed by atoms with Gasteiger partial charge in [0.25, 0.3) is 5.91 Å². The Bertz CT molecular complexity index is 2270. The minimum absolute atomic E-state index is 0.164. The van der Waals surface area contributed by atoms with Gasteiger partial charge in [0.2, 0.25) is 5.88 Å². The fourth-order valence-electron chi connectivity index (χ4n) is 9.75. The highest BCUT2D eigenvalue weighted by atomic mass is 32.2. The summed E-state index contributed by atoms with van der Waals surface area (Å²) in [6.45, 7) is 16.2. The molecule has 6 nitrogen and oxygen atoms in total. The van der Waals surface area contributed by atoms with Gasteiger partial charge in [0, 0.05) is 47.9 Å². The molecule has 0 fully saturated rings. The first-order valence-electron chi connectivity index (χ1n) is 27.2. The molecule has 5 rings (SSSR count). The van der Waals surface area contributed by atoms with Crippen molar-refractivity contribution in [3.05, 3.63) is 128 Å². The van der Waals surface area contributed by atoms with Gasteiger partial charge in [0.15, 0.2) is 0 Å². The molecule has 0 spiro atoms. The number of carbonyl (C=O) groups excluding carboxylic acids is 1. The Morgan fingerprint density at radius 2 is 1.39 bits per heavy atom. The van der Waals surface area contributed by atoms with Gasteiger partial charge in [0.05, 0.1) is 33.1 Å². The number of hydrogen-bond donors (Lipinski definition) is 2. The third-order valence-electron chi connectivity index (χ3n) is 13.9. The number of rotatable bonds is 34. The number of thiophene rings is 1. The first-order valence-corrected chi connectivity index (χ1v) is 29.0. The Morgan fingerprint density at radius 1 is 0.768 bits per heavy atom. The van der Waals surface area contributed by atoms with Crippen LogP contribution in [0.15, 0.2) is 101 Å². The number of nitrogens with zero attached hydrogens (tertiary/aromatic N) is 3. The van der Waals surface area contributed by atoms with E-state index >= 15 is 0 Å². The third kappa shape index (κ3) is 16.7. The van der Waals surface area contributed by atoms with Crippen LogP contribution in [0.4, 0.5) is 0 Å². The Hall–Kier alpha value is -4.27. The molecule has 1 aromatic carbocycles. The highest BCUT2D eigenvalue weighted by Crippen LogP contribution is 2.45. The van der Waals surface area contributed by atoms with Crippen molar-refractivity contribution in [1.82, 2.24) is 14.8 Å². The number of allylic oxidation sites excluding steroid dienone is 9. The summed E-state index contributed by atoms with van der Waals surface area (Å²) in [5, 5.41) is 16.0. The molecule has 8 heteroatoms. The van der Waals surface area contributed by atoms with Gasteiger partial charge in [-0.25, -0.2) is 4.99 Å². The lowest BCUT2D eigenvalue weighted by molar-refractivity contribution is 0.101. The normalized spacial score (nSPS) is 14.4. The van der Waals surface area contributed by atoms with Gasteiger partial charge in [-0.3, -0.25) is 4.79 Å². The van der Waals surface area contributed by atoms with Crippen LogP contribution in [-0.2, 0) is 12.3 Å². The highest BCUT2D eigenvalue weighted by Gasteiger charge is 2.37. The van der Waals surface area contributed by atoms with Crippen molar-refractivity contribution in [2.75, 3.05) is 20.1 Å². The predicted octanol–water partition coefficient (Wildman–Crippen LogP) is 17.9. The summed E-state index contributed by atoms with van der Waals surface area (Å²) >= 11 is 3.64. The van der Waals surface area contributed by atoms with E-state index in [2.05, 4.69) is 118 Å². The summed E-state index contributed by atoms with van der Waals surface area (Å²) in [5.41, 5.74) is 9.86. The largest absolute Gasteiger partial charge is 0.494 e. The van der Waals surface area contributed by atoms with Gasteiger partial charge in [0.1, 0.15) is 0 Å². The van der Waals surface area contributed by atoms with E-state index in [1.165, 1.54) is 160 Å². The number of hydrogen-bond acceptors (Lipinski definition) is 6. The molecule has 3 heterocycles. The molecule has 0 unspecified atom stereocenters. The molecule has 2 aromatic heterocycles. The summed E-state index contributed by atoms with van der Waals surface area (Å²) in [5.74, 6) is 0.657. The second-order valence-electron chi connectivity index (χ2n) is 19.3. The number of benzene rings is 1. The van der Waals surface area contributed by atoms with Crippen LogP contribution in [-0.4, -0.2) is 46.3 Å². The van der Waals surface area contributed by atoms with Crippen molar-refractivity contribution in [3.8, 4) is 5.88 Å². The van der Waals surface area contributed by atoms with Crippen LogP contribution in [0, 0.1) is 0 Å². The molecule has 1 amide bonds. The number of carbonyl (C=O) groups is 1. The number of amides is 1. The zero-order chi connectivity index (χ0) is 49.2. The molecule has 0 saturated heterocycles. The SMILES string of the molecule is C/C=C(\SCc1ccc(/C(=C(C)/C(C)=C(\NCCCCCCCC)c2ccccc2)N(C)CCCCCCCCCC)s1)c1c2c(c(O)n1CCCCCCCCC)C(C1=CC=CC=CC1)=NC2=O. The molecule has 0 saturated carbocycles. The first-order chi connectivity index (χ1) is 33.7. The summed E-state index contributed by atoms with van der Waals surface area (Å²) in [7, 11) is 2.29. The van der Waals surface area contributed by atoms with E-state index in [9.17, 15) is 9.90 Å². The Labute approximate surface area is 427 Å². The molecular formula is C61H88N4O2S2. The number of nitrogens with one attached hydrogen (secondary N) is 1. The fourth-order valence-corrected chi connectivity index (χ4v) is 12.0. The van der Waals surface area contributed by atoms with E-state index in [-0.39, 0.29) is 11.8 Å².